The van der Waals surface area contributed by atoms with Gasteiger partial charge in [0.2, 0.25) is 0 Å². The Bertz CT molecular complexity index is 695. The minimum absolute atomic E-state index is 0.193. The first-order valence-corrected chi connectivity index (χ1v) is 8.46. The van der Waals surface area contributed by atoms with Crippen molar-refractivity contribution in [1.82, 2.24) is 4.90 Å². The molecule has 0 unspecified atom stereocenters. The SMILES string of the molecule is O=C(Nc1cccc(Cl)c1Cl)c1ccc(CN2CCCC2)cc1. The van der Waals surface area contributed by atoms with Crippen molar-refractivity contribution in [3.05, 3.63) is 63.6 Å². The van der Waals surface area contributed by atoms with Gasteiger partial charge in [0.05, 0.1) is 15.7 Å². The van der Waals surface area contributed by atoms with Gasteiger partial charge in [-0.1, -0.05) is 41.4 Å². The number of rotatable bonds is 4. The van der Waals surface area contributed by atoms with Crippen LogP contribution < -0.4 is 5.32 Å². The minimum Gasteiger partial charge on any atom is -0.321 e. The second kappa shape index (κ2) is 7.35. The minimum atomic E-state index is -0.193. The molecule has 1 aliphatic rings. The maximum atomic E-state index is 12.3. The van der Waals surface area contributed by atoms with Crippen molar-refractivity contribution in [2.24, 2.45) is 0 Å². The highest BCUT2D eigenvalue weighted by atomic mass is 35.5. The fourth-order valence-electron chi connectivity index (χ4n) is 2.76. The third-order valence-corrected chi connectivity index (χ3v) is 4.84. The van der Waals surface area contributed by atoms with Crippen LogP contribution in [-0.2, 0) is 6.54 Å². The molecule has 3 rings (SSSR count). The molecule has 0 spiro atoms. The monoisotopic (exact) mass is 348 g/mol. The molecule has 1 aliphatic heterocycles. The molecule has 1 heterocycles. The quantitative estimate of drug-likeness (QED) is 0.857. The Kier molecular flexibility index (Phi) is 5.21. The molecule has 0 atom stereocenters. The van der Waals surface area contributed by atoms with E-state index in [9.17, 15) is 4.79 Å². The summed E-state index contributed by atoms with van der Waals surface area (Å²) in [5.74, 6) is -0.193. The van der Waals surface area contributed by atoms with Crippen LogP contribution in [0, 0.1) is 0 Å². The van der Waals surface area contributed by atoms with E-state index in [4.69, 9.17) is 23.2 Å². The van der Waals surface area contributed by atoms with Crippen molar-refractivity contribution in [2.45, 2.75) is 19.4 Å². The second-order valence-corrected chi connectivity index (χ2v) is 6.52. The molecule has 0 saturated carbocycles. The van der Waals surface area contributed by atoms with E-state index in [1.54, 1.807) is 18.2 Å². The predicted molar refractivity (Wildman–Crippen MR) is 95.4 cm³/mol. The van der Waals surface area contributed by atoms with Crippen molar-refractivity contribution in [1.29, 1.82) is 0 Å². The number of anilines is 1. The highest BCUT2D eigenvalue weighted by Crippen LogP contribution is 2.29. The van der Waals surface area contributed by atoms with Crippen molar-refractivity contribution < 1.29 is 4.79 Å². The molecule has 3 nitrogen and oxygen atoms in total. The average molecular weight is 349 g/mol. The standard InChI is InChI=1S/C18H18Cl2N2O/c19-15-4-3-5-16(17(15)20)21-18(23)14-8-6-13(7-9-14)12-22-10-1-2-11-22/h3-9H,1-2,10-12H2,(H,21,23). The van der Waals surface area contributed by atoms with Crippen molar-refractivity contribution in [2.75, 3.05) is 18.4 Å². The first-order chi connectivity index (χ1) is 11.1. The summed E-state index contributed by atoms with van der Waals surface area (Å²) in [4.78, 5) is 14.7. The first-order valence-electron chi connectivity index (χ1n) is 7.70. The lowest BCUT2D eigenvalue weighted by Gasteiger charge is -2.14. The molecule has 1 fully saturated rings. The van der Waals surface area contributed by atoms with Crippen LogP contribution >= 0.6 is 23.2 Å². The van der Waals surface area contributed by atoms with Crippen LogP contribution in [0.15, 0.2) is 42.5 Å². The van der Waals surface area contributed by atoms with E-state index in [-0.39, 0.29) is 5.91 Å². The van der Waals surface area contributed by atoms with Crippen LogP contribution in [0.4, 0.5) is 5.69 Å². The van der Waals surface area contributed by atoms with Gasteiger partial charge in [0.15, 0.2) is 0 Å². The van der Waals surface area contributed by atoms with E-state index in [2.05, 4.69) is 10.2 Å². The Labute approximate surface area is 146 Å². The van der Waals surface area contributed by atoms with Crippen LogP contribution in [0.2, 0.25) is 10.0 Å². The summed E-state index contributed by atoms with van der Waals surface area (Å²) in [6, 6.07) is 12.9. The van der Waals surface area contributed by atoms with E-state index in [1.165, 1.54) is 18.4 Å². The summed E-state index contributed by atoms with van der Waals surface area (Å²) in [5.41, 5.74) is 2.35. The summed E-state index contributed by atoms with van der Waals surface area (Å²) in [6.45, 7) is 3.27. The van der Waals surface area contributed by atoms with E-state index in [0.717, 1.165) is 19.6 Å². The highest BCUT2D eigenvalue weighted by molar-refractivity contribution is 6.44. The van der Waals surface area contributed by atoms with Gasteiger partial charge in [0, 0.05) is 12.1 Å². The third kappa shape index (κ3) is 4.05. The topological polar surface area (TPSA) is 32.3 Å². The summed E-state index contributed by atoms with van der Waals surface area (Å²) >= 11 is 12.1. The summed E-state index contributed by atoms with van der Waals surface area (Å²) < 4.78 is 0. The first kappa shape index (κ1) is 16.3. The zero-order chi connectivity index (χ0) is 16.2. The molecule has 2 aromatic carbocycles. The molecule has 120 valence electrons. The van der Waals surface area contributed by atoms with Crippen LogP contribution in [0.3, 0.4) is 0 Å². The average Bonchev–Trinajstić information content (AvgIpc) is 3.05. The zero-order valence-corrected chi connectivity index (χ0v) is 14.2. The van der Waals surface area contributed by atoms with Gasteiger partial charge in [-0.25, -0.2) is 0 Å². The van der Waals surface area contributed by atoms with Gasteiger partial charge >= 0.3 is 0 Å². The van der Waals surface area contributed by atoms with Gasteiger partial charge in [-0.15, -0.1) is 0 Å². The molecule has 5 heteroatoms. The number of hydrogen-bond donors (Lipinski definition) is 1. The molecule has 2 aromatic rings. The maximum absolute atomic E-state index is 12.3. The number of carbonyl (C=O) groups is 1. The lowest BCUT2D eigenvalue weighted by molar-refractivity contribution is 0.102. The fourth-order valence-corrected chi connectivity index (χ4v) is 3.10. The predicted octanol–water partition coefficient (Wildman–Crippen LogP) is 4.84. The van der Waals surface area contributed by atoms with Crippen molar-refractivity contribution in [3.8, 4) is 0 Å². The second-order valence-electron chi connectivity index (χ2n) is 5.74. The summed E-state index contributed by atoms with van der Waals surface area (Å²) in [5, 5.41) is 3.57. The molecule has 0 radical (unpaired) electrons. The van der Waals surface area contributed by atoms with Crippen LogP contribution in [0.5, 0.6) is 0 Å². The Morgan fingerprint density at radius 3 is 2.43 bits per heavy atom. The van der Waals surface area contributed by atoms with Crippen LogP contribution in [0.25, 0.3) is 0 Å². The number of benzene rings is 2. The number of amides is 1. The van der Waals surface area contributed by atoms with Gasteiger partial charge in [0.1, 0.15) is 0 Å². The van der Waals surface area contributed by atoms with Crippen molar-refractivity contribution in [3.63, 3.8) is 0 Å². The van der Waals surface area contributed by atoms with Gasteiger partial charge < -0.3 is 5.32 Å². The molecule has 0 aliphatic carbocycles. The molecule has 1 N–H and O–H groups in total. The van der Waals surface area contributed by atoms with E-state index in [1.807, 2.05) is 24.3 Å². The molecular weight excluding hydrogens is 331 g/mol. The Hall–Kier alpha value is -1.55. The smallest absolute Gasteiger partial charge is 0.255 e. The van der Waals surface area contributed by atoms with E-state index >= 15 is 0 Å². The number of likely N-dealkylation sites (tertiary alicyclic amines) is 1. The normalized spacial score (nSPS) is 14.9. The summed E-state index contributed by atoms with van der Waals surface area (Å²) in [7, 11) is 0. The lowest BCUT2D eigenvalue weighted by atomic mass is 10.1. The highest BCUT2D eigenvalue weighted by Gasteiger charge is 2.13. The largest absolute Gasteiger partial charge is 0.321 e. The Morgan fingerprint density at radius 1 is 1.04 bits per heavy atom. The number of halogens is 2. The summed E-state index contributed by atoms with van der Waals surface area (Å²) in [6.07, 6.45) is 2.56. The zero-order valence-electron chi connectivity index (χ0n) is 12.7. The number of hydrogen-bond acceptors (Lipinski definition) is 2. The van der Waals surface area contributed by atoms with Gasteiger partial charge in [-0.05, 0) is 55.8 Å². The molecule has 23 heavy (non-hydrogen) atoms. The molecule has 0 bridgehead atoms. The fraction of sp³-hybridized carbons (Fsp3) is 0.278. The van der Waals surface area contributed by atoms with Crippen LogP contribution in [0.1, 0.15) is 28.8 Å². The Morgan fingerprint density at radius 2 is 1.74 bits per heavy atom. The van der Waals surface area contributed by atoms with Gasteiger partial charge in [0.25, 0.3) is 5.91 Å². The van der Waals surface area contributed by atoms with E-state index in [0.29, 0.717) is 21.3 Å². The Balaban J connectivity index is 1.66. The molecule has 1 amide bonds. The molecular formula is C18H18Cl2N2O. The van der Waals surface area contributed by atoms with Crippen LogP contribution in [-0.4, -0.2) is 23.9 Å². The van der Waals surface area contributed by atoms with E-state index < -0.39 is 0 Å². The third-order valence-electron chi connectivity index (χ3n) is 4.02. The van der Waals surface area contributed by atoms with Crippen molar-refractivity contribution >= 4 is 34.8 Å². The number of carbonyl (C=O) groups excluding carboxylic acids is 1. The number of nitrogens with zero attached hydrogens (tertiary/aromatic N) is 1. The lowest BCUT2D eigenvalue weighted by Crippen LogP contribution is -2.18. The molecule has 1 saturated heterocycles. The van der Waals surface area contributed by atoms with Gasteiger partial charge in [-0.3, -0.25) is 9.69 Å². The maximum Gasteiger partial charge on any atom is 0.255 e. The van der Waals surface area contributed by atoms with Gasteiger partial charge in [-0.2, -0.15) is 0 Å². The molecule has 0 aromatic heterocycles. The number of nitrogens with one attached hydrogen (secondary N) is 1.